The van der Waals surface area contributed by atoms with Crippen LogP contribution in [0.15, 0.2) is 12.4 Å². The molecule has 0 aliphatic rings. The molecular formula is C6H7N5O2. The molecule has 0 radical (unpaired) electrons. The topological polar surface area (TPSA) is 124 Å². The normalized spacial score (nSPS) is 9.31. The summed E-state index contributed by atoms with van der Waals surface area (Å²) in [6.45, 7) is 0. The van der Waals surface area contributed by atoms with Crippen LogP contribution in [0, 0.1) is 0 Å². The molecule has 1 aromatic heterocycles. The molecule has 0 bridgehead atoms. The lowest BCUT2D eigenvalue weighted by atomic mass is 10.4. The van der Waals surface area contributed by atoms with Crippen molar-refractivity contribution < 1.29 is 9.59 Å². The molecule has 1 rings (SSSR count). The number of carbonyl (C=O) groups is 2. The Morgan fingerprint density at radius 1 is 1.23 bits per heavy atom. The van der Waals surface area contributed by atoms with Gasteiger partial charge in [0, 0.05) is 0 Å². The van der Waals surface area contributed by atoms with Gasteiger partial charge >= 0.3 is 0 Å². The maximum Gasteiger partial charge on any atom is 0.285 e. The van der Waals surface area contributed by atoms with Gasteiger partial charge in [0.05, 0.1) is 12.4 Å². The molecule has 0 aliphatic carbocycles. The lowest BCUT2D eigenvalue weighted by molar-refractivity contribution is 0.0944. The molecule has 1 aromatic rings. The number of nitrogens with two attached hydrogens (primary N) is 2. The van der Waals surface area contributed by atoms with Crippen LogP contribution < -0.4 is 17.0 Å². The van der Waals surface area contributed by atoms with E-state index in [0.29, 0.717) is 0 Å². The number of aromatic nitrogens is 2. The van der Waals surface area contributed by atoms with Gasteiger partial charge in [-0.3, -0.25) is 15.0 Å². The fourth-order valence-corrected chi connectivity index (χ4v) is 0.646. The molecule has 2 amide bonds. The summed E-state index contributed by atoms with van der Waals surface area (Å²) in [6.07, 6.45) is 2.22. The molecule has 7 nitrogen and oxygen atoms in total. The van der Waals surface area contributed by atoms with E-state index in [1.807, 2.05) is 5.43 Å². The standard InChI is InChI=1S/C6H7N5O2/c7-5(12)3-1-10-4(2-9-3)6(13)11-8/h1-2H,8H2,(H2,7,12)(H,11,13). The molecule has 0 atom stereocenters. The minimum absolute atomic E-state index is 0.00595. The first-order chi connectivity index (χ1) is 6.15. The van der Waals surface area contributed by atoms with Crippen LogP contribution in [0.5, 0.6) is 0 Å². The molecule has 0 fully saturated rings. The molecule has 0 aromatic carbocycles. The Labute approximate surface area is 73.1 Å². The van der Waals surface area contributed by atoms with Crippen LogP contribution in [0.25, 0.3) is 0 Å². The number of carbonyl (C=O) groups excluding carboxylic acids is 2. The van der Waals surface area contributed by atoms with E-state index >= 15 is 0 Å². The van der Waals surface area contributed by atoms with E-state index < -0.39 is 11.8 Å². The second kappa shape index (κ2) is 3.59. The quantitative estimate of drug-likeness (QED) is 0.281. The summed E-state index contributed by atoms with van der Waals surface area (Å²) in [4.78, 5) is 28.6. The van der Waals surface area contributed by atoms with Gasteiger partial charge in [0.2, 0.25) is 0 Å². The highest BCUT2D eigenvalue weighted by Crippen LogP contribution is 1.93. The Kier molecular flexibility index (Phi) is 2.50. The fraction of sp³-hybridized carbons (Fsp3) is 0. The lowest BCUT2D eigenvalue weighted by Crippen LogP contribution is -2.31. The fourth-order valence-electron chi connectivity index (χ4n) is 0.646. The predicted octanol–water partition coefficient (Wildman–Crippen LogP) is -1.82. The van der Waals surface area contributed by atoms with Crippen LogP contribution in [-0.2, 0) is 0 Å². The predicted molar refractivity (Wildman–Crippen MR) is 42.2 cm³/mol. The average molecular weight is 181 g/mol. The Balaban J connectivity index is 2.93. The van der Waals surface area contributed by atoms with Crippen molar-refractivity contribution in [2.45, 2.75) is 0 Å². The van der Waals surface area contributed by atoms with E-state index in [0.717, 1.165) is 12.4 Å². The highest BCUT2D eigenvalue weighted by Gasteiger charge is 2.07. The SMILES string of the molecule is NNC(=O)c1cnc(C(N)=O)cn1. The van der Waals surface area contributed by atoms with Gasteiger partial charge in [-0.1, -0.05) is 0 Å². The van der Waals surface area contributed by atoms with E-state index in [1.165, 1.54) is 0 Å². The summed E-state index contributed by atoms with van der Waals surface area (Å²) in [5.41, 5.74) is 6.79. The average Bonchev–Trinajstić information content (AvgIpc) is 2.17. The van der Waals surface area contributed by atoms with Crippen molar-refractivity contribution in [2.24, 2.45) is 11.6 Å². The number of hydrogen-bond acceptors (Lipinski definition) is 5. The molecule has 5 N–H and O–H groups in total. The number of hydrogen-bond donors (Lipinski definition) is 3. The van der Waals surface area contributed by atoms with Crippen LogP contribution in [0.3, 0.4) is 0 Å². The summed E-state index contributed by atoms with van der Waals surface area (Å²) in [5, 5.41) is 0. The zero-order valence-electron chi connectivity index (χ0n) is 6.52. The summed E-state index contributed by atoms with van der Waals surface area (Å²) in [7, 11) is 0. The van der Waals surface area contributed by atoms with Gasteiger partial charge in [-0.2, -0.15) is 0 Å². The van der Waals surface area contributed by atoms with Crippen LogP contribution in [0.1, 0.15) is 21.0 Å². The molecule has 68 valence electrons. The monoisotopic (exact) mass is 181 g/mol. The van der Waals surface area contributed by atoms with E-state index in [2.05, 4.69) is 9.97 Å². The second-order valence-electron chi connectivity index (χ2n) is 2.12. The van der Waals surface area contributed by atoms with E-state index in [4.69, 9.17) is 11.6 Å². The molecule has 0 saturated heterocycles. The van der Waals surface area contributed by atoms with Crippen LogP contribution in [0.2, 0.25) is 0 Å². The summed E-state index contributed by atoms with van der Waals surface area (Å²) < 4.78 is 0. The van der Waals surface area contributed by atoms with Crippen LogP contribution in [0.4, 0.5) is 0 Å². The maximum atomic E-state index is 10.8. The second-order valence-corrected chi connectivity index (χ2v) is 2.12. The highest BCUT2D eigenvalue weighted by atomic mass is 16.2. The molecule has 0 unspecified atom stereocenters. The van der Waals surface area contributed by atoms with Crippen molar-refractivity contribution in [3.63, 3.8) is 0 Å². The molecule has 1 heterocycles. The van der Waals surface area contributed by atoms with Crippen molar-refractivity contribution in [1.82, 2.24) is 15.4 Å². The molecule has 0 spiro atoms. The smallest absolute Gasteiger partial charge is 0.285 e. The highest BCUT2D eigenvalue weighted by molar-refractivity contribution is 5.93. The minimum atomic E-state index is -0.702. The number of rotatable bonds is 2. The van der Waals surface area contributed by atoms with Crippen LogP contribution in [-0.4, -0.2) is 21.8 Å². The summed E-state index contributed by atoms with van der Waals surface area (Å²) in [6, 6.07) is 0. The number of nitrogen functional groups attached to an aromatic ring is 1. The number of hydrazine groups is 1. The molecule has 7 heteroatoms. The molecular weight excluding hydrogens is 174 g/mol. The van der Waals surface area contributed by atoms with Gasteiger partial charge in [-0.25, -0.2) is 15.8 Å². The zero-order chi connectivity index (χ0) is 9.84. The third-order valence-electron chi connectivity index (χ3n) is 1.27. The number of amides is 2. The Hall–Kier alpha value is -2.02. The maximum absolute atomic E-state index is 10.8. The number of primary amides is 1. The Bertz CT molecular complexity index is 333. The largest absolute Gasteiger partial charge is 0.364 e. The zero-order valence-corrected chi connectivity index (χ0v) is 6.52. The van der Waals surface area contributed by atoms with Crippen molar-refractivity contribution in [3.05, 3.63) is 23.8 Å². The van der Waals surface area contributed by atoms with E-state index in [9.17, 15) is 9.59 Å². The third kappa shape index (κ3) is 1.97. The Morgan fingerprint density at radius 3 is 2.15 bits per heavy atom. The number of nitrogens with zero attached hydrogens (tertiary/aromatic N) is 2. The first-order valence-electron chi connectivity index (χ1n) is 3.28. The third-order valence-corrected chi connectivity index (χ3v) is 1.27. The van der Waals surface area contributed by atoms with Gasteiger partial charge < -0.3 is 5.73 Å². The molecule has 0 aliphatic heterocycles. The molecule has 0 saturated carbocycles. The van der Waals surface area contributed by atoms with E-state index in [1.54, 1.807) is 0 Å². The van der Waals surface area contributed by atoms with Gasteiger partial charge in [-0.05, 0) is 0 Å². The van der Waals surface area contributed by atoms with Crippen molar-refractivity contribution in [1.29, 1.82) is 0 Å². The number of nitrogens with one attached hydrogen (secondary N) is 1. The summed E-state index contributed by atoms with van der Waals surface area (Å²) in [5.74, 6) is 3.56. The van der Waals surface area contributed by atoms with Crippen LogP contribution >= 0.6 is 0 Å². The van der Waals surface area contributed by atoms with Crippen molar-refractivity contribution in [3.8, 4) is 0 Å². The minimum Gasteiger partial charge on any atom is -0.364 e. The van der Waals surface area contributed by atoms with Gasteiger partial charge in [0.25, 0.3) is 11.8 Å². The van der Waals surface area contributed by atoms with Gasteiger partial charge in [-0.15, -0.1) is 0 Å². The van der Waals surface area contributed by atoms with Gasteiger partial charge in [0.15, 0.2) is 0 Å². The first kappa shape index (κ1) is 9.07. The van der Waals surface area contributed by atoms with Crippen molar-refractivity contribution in [2.75, 3.05) is 0 Å². The van der Waals surface area contributed by atoms with Crippen molar-refractivity contribution >= 4 is 11.8 Å². The first-order valence-corrected chi connectivity index (χ1v) is 3.28. The molecule has 13 heavy (non-hydrogen) atoms. The lowest BCUT2D eigenvalue weighted by Gasteiger charge is -1.97. The Morgan fingerprint density at radius 2 is 1.77 bits per heavy atom. The van der Waals surface area contributed by atoms with E-state index in [-0.39, 0.29) is 11.4 Å². The van der Waals surface area contributed by atoms with Gasteiger partial charge in [0.1, 0.15) is 11.4 Å². The summed E-state index contributed by atoms with van der Waals surface area (Å²) >= 11 is 0.